The lowest BCUT2D eigenvalue weighted by Crippen LogP contribution is -2.49. The van der Waals surface area contributed by atoms with Gasteiger partial charge in [0.15, 0.2) is 6.10 Å². The summed E-state index contributed by atoms with van der Waals surface area (Å²) in [5.41, 5.74) is 0.976. The van der Waals surface area contributed by atoms with Gasteiger partial charge in [-0.1, -0.05) is 12.1 Å². The molecule has 1 N–H and O–H groups in total. The zero-order valence-corrected chi connectivity index (χ0v) is 16.1. The zero-order valence-electron chi connectivity index (χ0n) is 16.1. The van der Waals surface area contributed by atoms with Gasteiger partial charge >= 0.3 is 5.97 Å². The Bertz CT molecular complexity index is 671. The predicted molar refractivity (Wildman–Crippen MR) is 101 cm³/mol. The third-order valence-corrected chi connectivity index (χ3v) is 6.79. The lowest BCUT2D eigenvalue weighted by molar-refractivity contribution is -0.170. The van der Waals surface area contributed by atoms with E-state index >= 15 is 0 Å². The second-order valence-corrected chi connectivity index (χ2v) is 8.60. The monoisotopic (exact) mass is 371 g/mol. The van der Waals surface area contributed by atoms with Crippen molar-refractivity contribution >= 4 is 11.9 Å². The summed E-state index contributed by atoms with van der Waals surface area (Å²) in [5, 5.41) is 2.85. The highest BCUT2D eigenvalue weighted by molar-refractivity contribution is 5.84. The van der Waals surface area contributed by atoms with Gasteiger partial charge < -0.3 is 14.8 Å². The average Bonchev–Trinajstić information content (AvgIpc) is 2.65. The lowest BCUT2D eigenvalue weighted by Gasteiger charge is -2.53. The maximum absolute atomic E-state index is 12.8. The highest BCUT2D eigenvalue weighted by atomic mass is 16.5. The molecule has 0 unspecified atom stereocenters. The summed E-state index contributed by atoms with van der Waals surface area (Å²) in [5.74, 6) is 2.98. The lowest BCUT2D eigenvalue weighted by atomic mass is 9.52. The average molecular weight is 371 g/mol. The third-order valence-electron chi connectivity index (χ3n) is 6.79. The van der Waals surface area contributed by atoms with Crippen molar-refractivity contribution in [3.05, 3.63) is 29.8 Å². The molecule has 0 heterocycles. The molecule has 4 aliphatic carbocycles. The first-order chi connectivity index (χ1) is 13.0. The van der Waals surface area contributed by atoms with Gasteiger partial charge in [0.25, 0.3) is 5.91 Å². The molecule has 146 valence electrons. The Hall–Kier alpha value is -2.04. The third kappa shape index (κ3) is 3.83. The summed E-state index contributed by atoms with van der Waals surface area (Å²) in [6.45, 7) is 2.07. The number of rotatable bonds is 6. The molecule has 1 atom stereocenters. The number of amides is 1. The highest BCUT2D eigenvalue weighted by Crippen LogP contribution is 2.56. The van der Waals surface area contributed by atoms with E-state index in [1.165, 1.54) is 32.1 Å². The summed E-state index contributed by atoms with van der Waals surface area (Å²) in [7, 11) is 1.62. The summed E-state index contributed by atoms with van der Waals surface area (Å²) in [4.78, 5) is 25.1. The van der Waals surface area contributed by atoms with Gasteiger partial charge in [0, 0.05) is 6.54 Å². The molecule has 1 aromatic carbocycles. The number of methoxy groups -OCH3 is 1. The van der Waals surface area contributed by atoms with E-state index in [4.69, 9.17) is 9.47 Å². The van der Waals surface area contributed by atoms with E-state index < -0.39 is 6.10 Å². The topological polar surface area (TPSA) is 64.6 Å². The maximum Gasteiger partial charge on any atom is 0.310 e. The number of hydrogen-bond acceptors (Lipinski definition) is 4. The molecule has 1 amide bonds. The van der Waals surface area contributed by atoms with Crippen molar-refractivity contribution in [1.82, 2.24) is 5.32 Å². The normalized spacial score (nSPS) is 32.0. The Kier molecular flexibility index (Phi) is 5.11. The number of nitrogens with one attached hydrogen (secondary N) is 1. The molecule has 5 rings (SSSR count). The molecule has 4 fully saturated rings. The van der Waals surface area contributed by atoms with Crippen LogP contribution in [0.4, 0.5) is 0 Å². The molecule has 0 saturated heterocycles. The number of carbonyl (C=O) groups is 2. The summed E-state index contributed by atoms with van der Waals surface area (Å²) < 4.78 is 10.7. The second-order valence-electron chi connectivity index (χ2n) is 8.60. The fourth-order valence-corrected chi connectivity index (χ4v) is 5.69. The molecule has 0 aliphatic heterocycles. The van der Waals surface area contributed by atoms with Gasteiger partial charge in [-0.05, 0) is 80.4 Å². The van der Waals surface area contributed by atoms with Gasteiger partial charge in [-0.15, -0.1) is 0 Å². The summed E-state index contributed by atoms with van der Waals surface area (Å²) in [6, 6.07) is 7.53. The Morgan fingerprint density at radius 1 is 1.04 bits per heavy atom. The van der Waals surface area contributed by atoms with Gasteiger partial charge in [-0.3, -0.25) is 9.59 Å². The number of carbonyl (C=O) groups excluding carboxylic acids is 2. The molecule has 0 spiro atoms. The van der Waals surface area contributed by atoms with E-state index in [9.17, 15) is 9.59 Å². The molecular formula is C22H29NO4. The van der Waals surface area contributed by atoms with Crippen LogP contribution in [0.2, 0.25) is 0 Å². The van der Waals surface area contributed by atoms with Gasteiger partial charge in [-0.25, -0.2) is 0 Å². The summed E-state index contributed by atoms with van der Waals surface area (Å²) >= 11 is 0. The Balaban J connectivity index is 1.28. The molecule has 1 aromatic rings. The smallest absolute Gasteiger partial charge is 0.310 e. The Morgan fingerprint density at radius 3 is 2.19 bits per heavy atom. The van der Waals surface area contributed by atoms with E-state index in [0.717, 1.165) is 23.1 Å². The van der Waals surface area contributed by atoms with Gasteiger partial charge in [0.1, 0.15) is 5.75 Å². The summed E-state index contributed by atoms with van der Waals surface area (Å²) in [6.07, 6.45) is 5.29. The zero-order chi connectivity index (χ0) is 19.0. The van der Waals surface area contributed by atoms with E-state index in [1.807, 2.05) is 24.3 Å². The fourth-order valence-electron chi connectivity index (χ4n) is 5.69. The number of ether oxygens (including phenoxy) is 2. The van der Waals surface area contributed by atoms with Gasteiger partial charge in [0.2, 0.25) is 0 Å². The Morgan fingerprint density at radius 2 is 1.63 bits per heavy atom. The van der Waals surface area contributed by atoms with Crippen molar-refractivity contribution in [3.8, 4) is 5.75 Å². The number of esters is 1. The fraction of sp³-hybridized carbons (Fsp3) is 0.636. The van der Waals surface area contributed by atoms with E-state index in [1.54, 1.807) is 14.0 Å². The first kappa shape index (κ1) is 18.3. The van der Waals surface area contributed by atoms with Crippen molar-refractivity contribution < 1.29 is 19.1 Å². The van der Waals surface area contributed by atoms with Crippen molar-refractivity contribution in [2.75, 3.05) is 7.11 Å². The van der Waals surface area contributed by atoms with Crippen LogP contribution in [-0.4, -0.2) is 25.1 Å². The van der Waals surface area contributed by atoms with Crippen LogP contribution in [0.25, 0.3) is 0 Å². The quantitative estimate of drug-likeness (QED) is 0.779. The van der Waals surface area contributed by atoms with Crippen molar-refractivity contribution in [2.45, 2.75) is 51.7 Å². The van der Waals surface area contributed by atoms with E-state index in [-0.39, 0.29) is 17.8 Å². The van der Waals surface area contributed by atoms with Crippen LogP contribution in [0.5, 0.6) is 5.75 Å². The van der Waals surface area contributed by atoms with Crippen LogP contribution in [-0.2, 0) is 20.9 Å². The van der Waals surface area contributed by atoms with Crippen LogP contribution >= 0.6 is 0 Å². The first-order valence-corrected chi connectivity index (χ1v) is 10.1. The molecule has 27 heavy (non-hydrogen) atoms. The minimum atomic E-state index is -0.757. The van der Waals surface area contributed by atoms with Crippen molar-refractivity contribution in [1.29, 1.82) is 0 Å². The molecule has 4 aliphatic rings. The number of benzene rings is 1. The van der Waals surface area contributed by atoms with Crippen LogP contribution in [0, 0.1) is 29.6 Å². The van der Waals surface area contributed by atoms with E-state index in [2.05, 4.69) is 5.32 Å². The van der Waals surface area contributed by atoms with Gasteiger partial charge in [-0.2, -0.15) is 0 Å². The minimum Gasteiger partial charge on any atom is -0.497 e. The molecular weight excluding hydrogens is 342 g/mol. The molecule has 0 aromatic heterocycles. The SMILES string of the molecule is COc1ccc(CNC(=O)[C@@H](C)OC(=O)C2C3CC4CC(C3)CC2C4)cc1. The molecule has 5 nitrogen and oxygen atoms in total. The van der Waals surface area contributed by atoms with E-state index in [0.29, 0.717) is 18.4 Å². The van der Waals surface area contributed by atoms with Crippen LogP contribution < -0.4 is 10.1 Å². The van der Waals surface area contributed by atoms with Crippen LogP contribution in [0.15, 0.2) is 24.3 Å². The molecule has 4 bridgehead atoms. The number of hydrogen-bond donors (Lipinski definition) is 1. The first-order valence-electron chi connectivity index (χ1n) is 10.1. The molecule has 5 heteroatoms. The highest BCUT2D eigenvalue weighted by Gasteiger charge is 2.51. The largest absolute Gasteiger partial charge is 0.497 e. The Labute approximate surface area is 160 Å². The molecule has 4 saturated carbocycles. The van der Waals surface area contributed by atoms with Crippen molar-refractivity contribution in [3.63, 3.8) is 0 Å². The maximum atomic E-state index is 12.8. The second kappa shape index (κ2) is 7.53. The van der Waals surface area contributed by atoms with Crippen LogP contribution in [0.1, 0.15) is 44.6 Å². The predicted octanol–water partition coefficient (Wildman–Crippen LogP) is 3.32. The van der Waals surface area contributed by atoms with Gasteiger partial charge in [0.05, 0.1) is 13.0 Å². The molecule has 0 radical (unpaired) electrons. The standard InChI is InChI=1S/C22H29NO4/c1-13(21(24)23-12-14-3-5-19(26-2)6-4-14)27-22(25)20-17-8-15-7-16(10-17)11-18(20)9-15/h3-6,13,15-18,20H,7-12H2,1-2H3,(H,23,24)/t13-,15?,16?,17?,18?,20?/m1/s1. The van der Waals surface area contributed by atoms with Crippen molar-refractivity contribution in [2.24, 2.45) is 29.6 Å². The minimum absolute atomic E-state index is 0.00892. The van der Waals surface area contributed by atoms with Crippen LogP contribution in [0.3, 0.4) is 0 Å².